The molecule has 0 aliphatic rings. The van der Waals surface area contributed by atoms with Crippen molar-refractivity contribution in [2.75, 3.05) is 6.61 Å². The number of ketones is 1. The maximum absolute atomic E-state index is 12.1. The third-order valence-corrected chi connectivity index (χ3v) is 5.43. The molecule has 0 aromatic rings. The fourth-order valence-corrected chi connectivity index (χ4v) is 3.50. The van der Waals surface area contributed by atoms with Crippen LogP contribution in [-0.2, 0) is 23.9 Å². The quantitative estimate of drug-likeness (QED) is 0.182. The van der Waals surface area contributed by atoms with Gasteiger partial charge in [0.15, 0.2) is 18.0 Å². The molecule has 0 spiro atoms. The Labute approximate surface area is 189 Å². The Balaban J connectivity index is 4.23. The lowest BCUT2D eigenvalue weighted by Crippen LogP contribution is -2.42. The zero-order valence-electron chi connectivity index (χ0n) is 20.2. The molecule has 2 unspecified atom stereocenters. The number of rotatable bonds is 21. The zero-order chi connectivity index (χ0) is 23.3. The predicted octanol–water partition coefficient (Wildman–Crippen LogP) is 5.67. The number of aliphatic hydroxyl groups excluding tert-OH is 1. The summed E-state index contributed by atoms with van der Waals surface area (Å²) in [6.45, 7) is 5.07. The number of unbranched alkanes of at least 4 members (excludes halogenated alkanes) is 12. The highest BCUT2D eigenvalue weighted by Crippen LogP contribution is 2.14. The summed E-state index contributed by atoms with van der Waals surface area (Å²) in [7, 11) is 0. The van der Waals surface area contributed by atoms with Crippen molar-refractivity contribution in [1.82, 2.24) is 0 Å². The monoisotopic (exact) mass is 442 g/mol. The van der Waals surface area contributed by atoms with Gasteiger partial charge in [-0.05, 0) is 19.8 Å². The highest BCUT2D eigenvalue weighted by molar-refractivity contribution is 5.84. The third kappa shape index (κ3) is 16.9. The maximum Gasteiger partial charge on any atom is 0.306 e. The van der Waals surface area contributed by atoms with Crippen LogP contribution in [0.2, 0.25) is 0 Å². The number of hydrogen-bond acceptors (Lipinski definition) is 6. The summed E-state index contributed by atoms with van der Waals surface area (Å²) in [4.78, 5) is 36.2. The van der Waals surface area contributed by atoms with Crippen molar-refractivity contribution in [2.24, 2.45) is 0 Å². The molecule has 0 saturated carbocycles. The second-order valence-corrected chi connectivity index (χ2v) is 8.47. The molecule has 182 valence electrons. The lowest BCUT2D eigenvalue weighted by atomic mass is 10.1. The smallest absolute Gasteiger partial charge is 0.306 e. The summed E-state index contributed by atoms with van der Waals surface area (Å²) >= 11 is 0. The van der Waals surface area contributed by atoms with E-state index < -0.39 is 36.5 Å². The van der Waals surface area contributed by atoms with Crippen molar-refractivity contribution in [1.29, 1.82) is 0 Å². The normalized spacial score (nSPS) is 12.9. The molecule has 6 heteroatoms. The van der Waals surface area contributed by atoms with E-state index in [4.69, 9.17) is 9.47 Å². The number of carbonyl (C=O) groups is 3. The number of ether oxygens (including phenoxy) is 2. The van der Waals surface area contributed by atoms with Gasteiger partial charge in [-0.2, -0.15) is 0 Å². The first-order valence-electron chi connectivity index (χ1n) is 12.5. The number of Topliss-reactive ketones (excluding diaryl/α,β-unsaturated/α-hetero) is 1. The first kappa shape index (κ1) is 29.6. The van der Waals surface area contributed by atoms with Crippen molar-refractivity contribution >= 4 is 17.7 Å². The van der Waals surface area contributed by atoms with Crippen molar-refractivity contribution in [3.63, 3.8) is 0 Å². The van der Waals surface area contributed by atoms with Crippen LogP contribution < -0.4 is 0 Å². The van der Waals surface area contributed by atoms with E-state index in [-0.39, 0.29) is 12.8 Å². The van der Waals surface area contributed by atoms with E-state index in [1.807, 2.05) is 0 Å². The van der Waals surface area contributed by atoms with Gasteiger partial charge in [0.25, 0.3) is 0 Å². The molecule has 31 heavy (non-hydrogen) atoms. The van der Waals surface area contributed by atoms with Gasteiger partial charge in [0, 0.05) is 12.8 Å². The Bertz CT molecular complexity index is 477. The summed E-state index contributed by atoms with van der Waals surface area (Å²) in [5, 5.41) is 9.60. The average Bonchev–Trinajstić information content (AvgIpc) is 2.74. The maximum atomic E-state index is 12.1. The molecule has 0 bridgehead atoms. The molecule has 0 saturated heterocycles. The summed E-state index contributed by atoms with van der Waals surface area (Å²) in [6.07, 6.45) is 13.2. The van der Waals surface area contributed by atoms with Crippen LogP contribution in [0.5, 0.6) is 0 Å². The summed E-state index contributed by atoms with van der Waals surface area (Å²) in [5.74, 6) is -1.40. The lowest BCUT2D eigenvalue weighted by molar-refractivity contribution is -0.174. The largest absolute Gasteiger partial charge is 0.455 e. The Morgan fingerprint density at radius 1 is 0.645 bits per heavy atom. The van der Waals surface area contributed by atoms with Crippen molar-refractivity contribution < 1.29 is 29.0 Å². The molecular weight excluding hydrogens is 396 g/mol. The second kappa shape index (κ2) is 20.5. The minimum Gasteiger partial charge on any atom is -0.455 e. The molecular formula is C25H46O6. The standard InChI is InChI=1S/C25H46O6/c1-4-6-8-10-12-14-16-18-23(28)30-22(20-26)25(21(3)27)31-24(29)19-17-15-13-11-9-7-5-2/h22,25-26H,4-20H2,1-3H3. The van der Waals surface area contributed by atoms with E-state index in [0.717, 1.165) is 25.7 Å². The number of carbonyl (C=O) groups excluding carboxylic acids is 3. The third-order valence-electron chi connectivity index (χ3n) is 5.43. The van der Waals surface area contributed by atoms with Crippen LogP contribution in [0.3, 0.4) is 0 Å². The van der Waals surface area contributed by atoms with Gasteiger partial charge in [0.05, 0.1) is 6.61 Å². The molecule has 1 N–H and O–H groups in total. The van der Waals surface area contributed by atoms with Gasteiger partial charge in [-0.1, -0.05) is 90.9 Å². The van der Waals surface area contributed by atoms with Crippen LogP contribution >= 0.6 is 0 Å². The first-order valence-corrected chi connectivity index (χ1v) is 12.5. The zero-order valence-corrected chi connectivity index (χ0v) is 20.2. The second-order valence-electron chi connectivity index (χ2n) is 8.47. The molecule has 2 atom stereocenters. The van der Waals surface area contributed by atoms with E-state index in [0.29, 0.717) is 12.8 Å². The Hall–Kier alpha value is -1.43. The molecule has 0 amide bonds. The SMILES string of the molecule is CCCCCCCCCC(=O)OC(CO)C(OC(=O)CCCCCCCCC)C(C)=O. The highest BCUT2D eigenvalue weighted by Gasteiger charge is 2.32. The average molecular weight is 443 g/mol. The van der Waals surface area contributed by atoms with Crippen LogP contribution in [0.25, 0.3) is 0 Å². The van der Waals surface area contributed by atoms with Crippen molar-refractivity contribution in [2.45, 2.75) is 136 Å². The number of esters is 2. The lowest BCUT2D eigenvalue weighted by Gasteiger charge is -2.23. The van der Waals surface area contributed by atoms with Gasteiger partial charge < -0.3 is 14.6 Å². The van der Waals surface area contributed by atoms with E-state index in [1.54, 1.807) is 0 Å². The van der Waals surface area contributed by atoms with Crippen LogP contribution in [0.15, 0.2) is 0 Å². The van der Waals surface area contributed by atoms with E-state index in [9.17, 15) is 19.5 Å². The van der Waals surface area contributed by atoms with E-state index in [2.05, 4.69) is 13.8 Å². The molecule has 0 aromatic heterocycles. The Morgan fingerprint density at radius 2 is 1.03 bits per heavy atom. The first-order chi connectivity index (χ1) is 15.0. The molecule has 0 radical (unpaired) electrons. The predicted molar refractivity (Wildman–Crippen MR) is 123 cm³/mol. The van der Waals surface area contributed by atoms with Gasteiger partial charge in [-0.3, -0.25) is 14.4 Å². The van der Waals surface area contributed by atoms with Crippen molar-refractivity contribution in [3.8, 4) is 0 Å². The number of hydrogen-bond donors (Lipinski definition) is 1. The molecule has 6 nitrogen and oxygen atoms in total. The van der Waals surface area contributed by atoms with Gasteiger partial charge in [-0.15, -0.1) is 0 Å². The van der Waals surface area contributed by atoms with Crippen molar-refractivity contribution in [3.05, 3.63) is 0 Å². The number of aliphatic hydroxyl groups is 1. The molecule has 0 aliphatic heterocycles. The molecule has 0 fully saturated rings. The van der Waals surface area contributed by atoms with Crippen LogP contribution in [0.1, 0.15) is 124 Å². The summed E-state index contributed by atoms with van der Waals surface area (Å²) in [5.41, 5.74) is 0. The highest BCUT2D eigenvalue weighted by atomic mass is 16.6. The van der Waals surface area contributed by atoms with Gasteiger partial charge in [0.1, 0.15) is 0 Å². The minimum atomic E-state index is -1.25. The van der Waals surface area contributed by atoms with E-state index in [1.165, 1.54) is 58.3 Å². The van der Waals surface area contributed by atoms with Crippen LogP contribution in [0.4, 0.5) is 0 Å². The summed E-state index contributed by atoms with van der Waals surface area (Å²) < 4.78 is 10.5. The van der Waals surface area contributed by atoms with E-state index >= 15 is 0 Å². The molecule has 0 aromatic carbocycles. The minimum absolute atomic E-state index is 0.224. The summed E-state index contributed by atoms with van der Waals surface area (Å²) in [6, 6.07) is 0. The van der Waals surface area contributed by atoms with Gasteiger partial charge in [-0.25, -0.2) is 0 Å². The fraction of sp³-hybridized carbons (Fsp3) is 0.880. The van der Waals surface area contributed by atoms with Crippen LogP contribution in [-0.4, -0.2) is 41.6 Å². The van der Waals surface area contributed by atoms with Crippen LogP contribution in [0, 0.1) is 0 Å². The molecule has 0 aliphatic carbocycles. The Kier molecular flexibility index (Phi) is 19.5. The topological polar surface area (TPSA) is 89.9 Å². The fourth-order valence-electron chi connectivity index (χ4n) is 3.50. The molecule has 0 rings (SSSR count). The Morgan fingerprint density at radius 3 is 1.42 bits per heavy atom. The van der Waals surface area contributed by atoms with Gasteiger partial charge in [0.2, 0.25) is 0 Å². The molecule has 0 heterocycles. The van der Waals surface area contributed by atoms with Gasteiger partial charge >= 0.3 is 11.9 Å².